The molecule has 0 bridgehead atoms. The zero-order valence-electron chi connectivity index (χ0n) is 11.5. The molecule has 1 N–H and O–H groups in total. The van der Waals surface area contributed by atoms with E-state index in [1.54, 1.807) is 19.2 Å². The molecule has 3 nitrogen and oxygen atoms in total. The maximum Gasteiger partial charge on any atom is 0.123 e. The van der Waals surface area contributed by atoms with Crippen molar-refractivity contribution >= 4 is 11.6 Å². The Morgan fingerprint density at radius 3 is 2.75 bits per heavy atom. The van der Waals surface area contributed by atoms with Crippen LogP contribution in [0.25, 0.3) is 0 Å². The number of hydrogen-bond donors (Lipinski definition) is 1. The van der Waals surface area contributed by atoms with E-state index in [-0.39, 0.29) is 6.61 Å². The van der Waals surface area contributed by atoms with Crippen molar-refractivity contribution < 1.29 is 14.6 Å². The first-order chi connectivity index (χ1) is 9.60. The molecule has 0 aliphatic heterocycles. The van der Waals surface area contributed by atoms with Crippen molar-refractivity contribution in [3.8, 4) is 11.5 Å². The molecule has 2 aromatic rings. The monoisotopic (exact) mass is 292 g/mol. The number of aliphatic hydroxyl groups is 1. The van der Waals surface area contributed by atoms with Crippen LogP contribution in [-0.4, -0.2) is 18.8 Å². The minimum Gasteiger partial charge on any atom is -0.497 e. The normalized spacial score (nSPS) is 12.0. The van der Waals surface area contributed by atoms with Gasteiger partial charge >= 0.3 is 0 Å². The van der Waals surface area contributed by atoms with E-state index in [0.717, 1.165) is 11.1 Å². The van der Waals surface area contributed by atoms with Crippen molar-refractivity contribution in [3.63, 3.8) is 0 Å². The van der Waals surface area contributed by atoms with E-state index in [1.807, 2.05) is 37.3 Å². The van der Waals surface area contributed by atoms with Crippen LogP contribution >= 0.6 is 11.6 Å². The Bertz CT molecular complexity index is 584. The Labute approximate surface area is 123 Å². The molecular weight excluding hydrogens is 276 g/mol. The van der Waals surface area contributed by atoms with Gasteiger partial charge in [-0.2, -0.15) is 0 Å². The van der Waals surface area contributed by atoms with Gasteiger partial charge in [-0.3, -0.25) is 0 Å². The first kappa shape index (κ1) is 14.7. The summed E-state index contributed by atoms with van der Waals surface area (Å²) < 4.78 is 10.8. The average molecular weight is 293 g/mol. The van der Waals surface area contributed by atoms with Gasteiger partial charge in [0, 0.05) is 5.02 Å². The van der Waals surface area contributed by atoms with E-state index >= 15 is 0 Å². The molecular formula is C16H17ClO3. The van der Waals surface area contributed by atoms with Crippen LogP contribution in [0.4, 0.5) is 0 Å². The number of methoxy groups -OCH3 is 1. The fourth-order valence-electron chi connectivity index (χ4n) is 1.84. The van der Waals surface area contributed by atoms with Crippen LogP contribution in [-0.2, 0) is 0 Å². The molecule has 0 heterocycles. The third kappa shape index (κ3) is 3.65. The zero-order chi connectivity index (χ0) is 14.5. The molecule has 0 aromatic heterocycles. The second kappa shape index (κ2) is 6.64. The van der Waals surface area contributed by atoms with E-state index in [1.165, 1.54) is 0 Å². The van der Waals surface area contributed by atoms with Gasteiger partial charge in [0.25, 0.3) is 0 Å². The standard InChI is InChI=1S/C16H17ClO3/c1-11-6-7-13(17)9-16(11)20-10-15(18)12-4-3-5-14(8-12)19-2/h3-9,15,18H,10H2,1-2H3. The van der Waals surface area contributed by atoms with Crippen molar-refractivity contribution in [2.24, 2.45) is 0 Å². The quantitative estimate of drug-likeness (QED) is 0.912. The second-order valence-corrected chi connectivity index (χ2v) is 4.95. The lowest BCUT2D eigenvalue weighted by atomic mass is 10.1. The van der Waals surface area contributed by atoms with Gasteiger partial charge in [-0.25, -0.2) is 0 Å². The van der Waals surface area contributed by atoms with E-state index in [0.29, 0.717) is 16.5 Å². The Kier molecular flexibility index (Phi) is 4.88. The molecule has 0 saturated heterocycles. The van der Waals surface area contributed by atoms with Gasteiger partial charge in [0.1, 0.15) is 24.2 Å². The number of ether oxygens (including phenoxy) is 2. The fourth-order valence-corrected chi connectivity index (χ4v) is 2.01. The van der Waals surface area contributed by atoms with Crippen molar-refractivity contribution in [1.29, 1.82) is 0 Å². The minimum atomic E-state index is -0.719. The van der Waals surface area contributed by atoms with E-state index < -0.39 is 6.10 Å². The van der Waals surface area contributed by atoms with Gasteiger partial charge in [0.15, 0.2) is 0 Å². The first-order valence-corrected chi connectivity index (χ1v) is 6.69. The number of benzene rings is 2. The van der Waals surface area contributed by atoms with Crippen LogP contribution in [0.2, 0.25) is 5.02 Å². The molecule has 0 aliphatic rings. The number of rotatable bonds is 5. The Morgan fingerprint density at radius 2 is 2.00 bits per heavy atom. The number of aliphatic hydroxyl groups excluding tert-OH is 1. The predicted octanol–water partition coefficient (Wildman–Crippen LogP) is 3.77. The lowest BCUT2D eigenvalue weighted by Gasteiger charge is -2.15. The smallest absolute Gasteiger partial charge is 0.123 e. The maximum atomic E-state index is 10.1. The average Bonchev–Trinajstić information content (AvgIpc) is 2.48. The summed E-state index contributed by atoms with van der Waals surface area (Å²) in [5.41, 5.74) is 1.73. The molecule has 20 heavy (non-hydrogen) atoms. The molecule has 0 spiro atoms. The molecule has 0 saturated carbocycles. The largest absolute Gasteiger partial charge is 0.497 e. The summed E-state index contributed by atoms with van der Waals surface area (Å²) in [4.78, 5) is 0. The second-order valence-electron chi connectivity index (χ2n) is 4.51. The highest BCUT2D eigenvalue weighted by Gasteiger charge is 2.10. The van der Waals surface area contributed by atoms with Gasteiger partial charge in [-0.05, 0) is 42.3 Å². The lowest BCUT2D eigenvalue weighted by molar-refractivity contribution is 0.107. The lowest BCUT2D eigenvalue weighted by Crippen LogP contribution is -2.10. The molecule has 1 unspecified atom stereocenters. The molecule has 2 aromatic carbocycles. The fraction of sp³-hybridized carbons (Fsp3) is 0.250. The maximum absolute atomic E-state index is 10.1. The highest BCUT2D eigenvalue weighted by atomic mass is 35.5. The molecule has 0 aliphatic carbocycles. The van der Waals surface area contributed by atoms with Crippen LogP contribution < -0.4 is 9.47 Å². The van der Waals surface area contributed by atoms with Crippen molar-refractivity contribution in [3.05, 3.63) is 58.6 Å². The number of hydrogen-bond acceptors (Lipinski definition) is 3. The Hall–Kier alpha value is -1.71. The first-order valence-electron chi connectivity index (χ1n) is 6.31. The summed E-state index contributed by atoms with van der Waals surface area (Å²) in [5.74, 6) is 1.39. The summed E-state index contributed by atoms with van der Waals surface area (Å²) in [6, 6.07) is 12.7. The van der Waals surface area contributed by atoms with Crippen LogP contribution in [0.1, 0.15) is 17.2 Å². The van der Waals surface area contributed by atoms with Crippen molar-refractivity contribution in [1.82, 2.24) is 0 Å². The molecule has 0 fully saturated rings. The van der Waals surface area contributed by atoms with Crippen molar-refractivity contribution in [2.45, 2.75) is 13.0 Å². The third-order valence-corrected chi connectivity index (χ3v) is 3.26. The SMILES string of the molecule is COc1cccc(C(O)COc2cc(Cl)ccc2C)c1. The van der Waals surface area contributed by atoms with E-state index in [9.17, 15) is 5.11 Å². The molecule has 4 heteroatoms. The van der Waals surface area contributed by atoms with Gasteiger partial charge in [-0.1, -0.05) is 29.8 Å². The van der Waals surface area contributed by atoms with Crippen LogP contribution in [0.3, 0.4) is 0 Å². The summed E-state index contributed by atoms with van der Waals surface area (Å²) in [5, 5.41) is 10.8. The summed E-state index contributed by atoms with van der Waals surface area (Å²) >= 11 is 5.93. The van der Waals surface area contributed by atoms with Crippen LogP contribution in [0.15, 0.2) is 42.5 Å². The highest BCUT2D eigenvalue weighted by molar-refractivity contribution is 6.30. The Balaban J connectivity index is 2.04. The van der Waals surface area contributed by atoms with Crippen LogP contribution in [0, 0.1) is 6.92 Å². The van der Waals surface area contributed by atoms with Gasteiger partial charge in [0.05, 0.1) is 7.11 Å². The molecule has 2 rings (SSSR count). The molecule has 0 radical (unpaired) electrons. The minimum absolute atomic E-state index is 0.161. The highest BCUT2D eigenvalue weighted by Crippen LogP contribution is 2.25. The van der Waals surface area contributed by atoms with Gasteiger partial charge in [-0.15, -0.1) is 0 Å². The summed E-state index contributed by atoms with van der Waals surface area (Å²) in [6.07, 6.45) is -0.719. The summed E-state index contributed by atoms with van der Waals surface area (Å²) in [7, 11) is 1.59. The van der Waals surface area contributed by atoms with E-state index in [2.05, 4.69) is 0 Å². The molecule has 1 atom stereocenters. The topological polar surface area (TPSA) is 38.7 Å². The van der Waals surface area contributed by atoms with Gasteiger partial charge in [0.2, 0.25) is 0 Å². The molecule has 106 valence electrons. The van der Waals surface area contributed by atoms with Gasteiger partial charge < -0.3 is 14.6 Å². The Morgan fingerprint density at radius 1 is 1.20 bits per heavy atom. The van der Waals surface area contributed by atoms with Crippen LogP contribution in [0.5, 0.6) is 11.5 Å². The summed E-state index contributed by atoms with van der Waals surface area (Å²) in [6.45, 7) is 2.10. The molecule has 0 amide bonds. The zero-order valence-corrected chi connectivity index (χ0v) is 12.2. The van der Waals surface area contributed by atoms with E-state index in [4.69, 9.17) is 21.1 Å². The third-order valence-electron chi connectivity index (χ3n) is 3.03. The number of aryl methyl sites for hydroxylation is 1. The number of halogens is 1. The predicted molar refractivity (Wildman–Crippen MR) is 79.6 cm³/mol. The van der Waals surface area contributed by atoms with Crippen molar-refractivity contribution in [2.75, 3.05) is 13.7 Å².